The molecule has 2 N–H and O–H groups in total. The number of ether oxygens (including phenoxy) is 1. The number of thioether (sulfide) groups is 1. The van der Waals surface area contributed by atoms with Crippen LogP contribution >= 0.6 is 11.8 Å². The number of carbonyl (C=O) groups excluding carboxylic acids is 1. The first-order valence-corrected chi connectivity index (χ1v) is 8.72. The van der Waals surface area contributed by atoms with E-state index in [2.05, 4.69) is 5.32 Å². The second-order valence-electron chi connectivity index (χ2n) is 6.03. The third kappa shape index (κ3) is 2.36. The molecule has 3 fully saturated rings. The van der Waals surface area contributed by atoms with Gasteiger partial charge in [0, 0.05) is 43.2 Å². The van der Waals surface area contributed by atoms with Crippen LogP contribution in [0.2, 0.25) is 0 Å². The normalized spacial score (nSPS) is 36.1. The third-order valence-electron chi connectivity index (χ3n) is 5.13. The van der Waals surface area contributed by atoms with E-state index in [0.29, 0.717) is 6.61 Å². The van der Waals surface area contributed by atoms with Crippen molar-refractivity contribution in [1.82, 2.24) is 10.2 Å². The summed E-state index contributed by atoms with van der Waals surface area (Å²) in [6.07, 6.45) is 2.41. The van der Waals surface area contributed by atoms with Gasteiger partial charge in [0.05, 0.1) is 18.2 Å². The highest BCUT2D eigenvalue weighted by Crippen LogP contribution is 2.50. The van der Waals surface area contributed by atoms with Gasteiger partial charge in [0.15, 0.2) is 0 Å². The fourth-order valence-electron chi connectivity index (χ4n) is 3.73. The number of aliphatic hydroxyl groups is 1. The van der Waals surface area contributed by atoms with Gasteiger partial charge in [-0.25, -0.2) is 0 Å². The molecule has 3 rings (SSSR count). The zero-order valence-corrected chi connectivity index (χ0v) is 12.8. The number of aliphatic hydroxyl groups excluding tert-OH is 1. The summed E-state index contributed by atoms with van der Waals surface area (Å²) in [5.41, 5.74) is -0.0926. The number of nitrogens with one attached hydrogen (secondary N) is 1. The van der Waals surface area contributed by atoms with Crippen LogP contribution in [0.5, 0.6) is 0 Å². The molecule has 0 unspecified atom stereocenters. The van der Waals surface area contributed by atoms with Gasteiger partial charge < -0.3 is 14.7 Å². The molecule has 3 atom stereocenters. The Labute approximate surface area is 124 Å². The van der Waals surface area contributed by atoms with E-state index in [1.165, 1.54) is 0 Å². The summed E-state index contributed by atoms with van der Waals surface area (Å²) in [6, 6.07) is -0.0111. The van der Waals surface area contributed by atoms with Crippen LogP contribution in [0.25, 0.3) is 0 Å². The monoisotopic (exact) mass is 300 g/mol. The maximum atomic E-state index is 12.4. The van der Waals surface area contributed by atoms with E-state index in [9.17, 15) is 9.90 Å². The van der Waals surface area contributed by atoms with Crippen molar-refractivity contribution in [2.24, 2.45) is 5.41 Å². The summed E-state index contributed by atoms with van der Waals surface area (Å²) in [7, 11) is 0. The molecular formula is C14H24N2O3S. The van der Waals surface area contributed by atoms with Gasteiger partial charge >= 0.3 is 0 Å². The number of rotatable bonds is 3. The Kier molecular flexibility index (Phi) is 4.26. The molecule has 0 radical (unpaired) electrons. The van der Waals surface area contributed by atoms with Gasteiger partial charge in [-0.05, 0) is 19.8 Å². The van der Waals surface area contributed by atoms with Crippen molar-refractivity contribution in [3.05, 3.63) is 0 Å². The molecule has 20 heavy (non-hydrogen) atoms. The average molecular weight is 300 g/mol. The number of amides is 1. The predicted molar refractivity (Wildman–Crippen MR) is 78.5 cm³/mol. The van der Waals surface area contributed by atoms with Crippen molar-refractivity contribution in [1.29, 1.82) is 0 Å². The van der Waals surface area contributed by atoms with E-state index in [0.717, 1.165) is 44.0 Å². The highest BCUT2D eigenvalue weighted by molar-refractivity contribution is 7.99. The van der Waals surface area contributed by atoms with Gasteiger partial charge in [-0.2, -0.15) is 0 Å². The summed E-state index contributed by atoms with van der Waals surface area (Å²) in [6.45, 7) is 4.20. The van der Waals surface area contributed by atoms with Gasteiger partial charge in [-0.1, -0.05) is 0 Å². The molecule has 1 aliphatic carbocycles. The Bertz CT molecular complexity index is 363. The van der Waals surface area contributed by atoms with Gasteiger partial charge in [0.1, 0.15) is 0 Å². The van der Waals surface area contributed by atoms with Gasteiger partial charge in [0.2, 0.25) is 5.91 Å². The first-order valence-electron chi connectivity index (χ1n) is 7.57. The smallest absolute Gasteiger partial charge is 0.240 e. The lowest BCUT2D eigenvalue weighted by Gasteiger charge is -2.56. The molecule has 2 saturated heterocycles. The van der Waals surface area contributed by atoms with Crippen molar-refractivity contribution in [2.75, 3.05) is 31.3 Å². The lowest BCUT2D eigenvalue weighted by atomic mass is 9.58. The highest BCUT2D eigenvalue weighted by atomic mass is 32.2. The Morgan fingerprint density at radius 2 is 2.25 bits per heavy atom. The highest BCUT2D eigenvalue weighted by Gasteiger charge is 2.56. The second-order valence-corrected chi connectivity index (χ2v) is 7.06. The molecule has 0 aromatic heterocycles. The molecule has 5 nitrogen and oxygen atoms in total. The second kappa shape index (κ2) is 5.83. The number of nitrogens with zero attached hydrogens (tertiary/aromatic N) is 1. The zero-order valence-electron chi connectivity index (χ0n) is 12.0. The van der Waals surface area contributed by atoms with Crippen LogP contribution in [0.4, 0.5) is 0 Å². The maximum absolute atomic E-state index is 12.4. The van der Waals surface area contributed by atoms with Gasteiger partial charge in [0.25, 0.3) is 0 Å². The van der Waals surface area contributed by atoms with Crippen molar-refractivity contribution >= 4 is 17.7 Å². The van der Waals surface area contributed by atoms with Crippen molar-refractivity contribution in [3.8, 4) is 0 Å². The largest absolute Gasteiger partial charge is 0.392 e. The molecule has 6 heteroatoms. The van der Waals surface area contributed by atoms with Crippen LogP contribution in [-0.2, 0) is 9.53 Å². The number of hydrogen-bond donors (Lipinski definition) is 2. The zero-order chi connectivity index (χ0) is 14.2. The molecular weight excluding hydrogens is 276 g/mol. The molecule has 2 heterocycles. The van der Waals surface area contributed by atoms with Crippen LogP contribution in [0.1, 0.15) is 26.2 Å². The number of carbonyl (C=O) groups is 1. The van der Waals surface area contributed by atoms with Crippen LogP contribution < -0.4 is 5.32 Å². The molecule has 1 spiro atoms. The number of piperidine rings is 1. The lowest BCUT2D eigenvalue weighted by molar-refractivity contribution is -0.210. The van der Waals surface area contributed by atoms with Gasteiger partial charge in [-0.15, -0.1) is 11.8 Å². The Morgan fingerprint density at radius 3 is 2.80 bits per heavy atom. The molecule has 2 aliphatic heterocycles. The average Bonchev–Trinajstić information content (AvgIpc) is 3.01. The Hall–Kier alpha value is -0.300. The minimum absolute atomic E-state index is 0.0111. The molecule has 114 valence electrons. The number of hydrogen-bond acceptors (Lipinski definition) is 5. The molecule has 1 amide bonds. The summed E-state index contributed by atoms with van der Waals surface area (Å²) in [4.78, 5) is 14.3. The summed E-state index contributed by atoms with van der Waals surface area (Å²) < 4.78 is 5.76. The van der Waals surface area contributed by atoms with Crippen LogP contribution in [-0.4, -0.2) is 65.5 Å². The fourth-order valence-corrected chi connectivity index (χ4v) is 4.67. The summed E-state index contributed by atoms with van der Waals surface area (Å²) in [5.74, 6) is 1.98. The van der Waals surface area contributed by atoms with Crippen molar-refractivity contribution in [3.63, 3.8) is 0 Å². The van der Waals surface area contributed by atoms with E-state index in [1.54, 1.807) is 11.8 Å². The van der Waals surface area contributed by atoms with Crippen LogP contribution in [0, 0.1) is 5.41 Å². The topological polar surface area (TPSA) is 61.8 Å². The van der Waals surface area contributed by atoms with Crippen LogP contribution in [0.3, 0.4) is 0 Å². The van der Waals surface area contributed by atoms with E-state index < -0.39 is 0 Å². The molecule has 0 bridgehead atoms. The minimum atomic E-state index is -0.253. The predicted octanol–water partition coefficient (Wildman–Crippen LogP) is 0.427. The van der Waals surface area contributed by atoms with E-state index in [-0.39, 0.29) is 29.6 Å². The lowest BCUT2D eigenvalue weighted by Crippen LogP contribution is -2.63. The van der Waals surface area contributed by atoms with E-state index in [1.807, 2.05) is 11.8 Å². The minimum Gasteiger partial charge on any atom is -0.392 e. The molecule has 0 aromatic rings. The third-order valence-corrected chi connectivity index (χ3v) is 6.07. The molecule has 0 aromatic carbocycles. The van der Waals surface area contributed by atoms with Crippen molar-refractivity contribution in [2.45, 2.75) is 44.4 Å². The first kappa shape index (κ1) is 14.6. The summed E-state index contributed by atoms with van der Waals surface area (Å²) in [5, 5.41) is 13.4. The Morgan fingerprint density at radius 1 is 1.50 bits per heavy atom. The van der Waals surface area contributed by atoms with Crippen LogP contribution in [0.15, 0.2) is 0 Å². The molecule has 1 saturated carbocycles. The summed E-state index contributed by atoms with van der Waals surface area (Å²) >= 11 is 1.78. The van der Waals surface area contributed by atoms with Gasteiger partial charge in [-0.3, -0.25) is 10.1 Å². The molecule has 3 aliphatic rings. The van der Waals surface area contributed by atoms with E-state index >= 15 is 0 Å². The standard InChI is InChI=1S/C14H24N2O3S/c1-2-19-12-7-11(17)14(12)3-5-16(6-4-14)13(18)10-8-20-9-15-10/h10-12,15,17H,2-9H2,1H3/t10-,11+,12-/m1/s1. The maximum Gasteiger partial charge on any atom is 0.240 e. The Balaban J connectivity index is 1.57. The van der Waals surface area contributed by atoms with E-state index in [4.69, 9.17) is 4.74 Å². The fraction of sp³-hybridized carbons (Fsp3) is 0.929. The number of likely N-dealkylation sites (tertiary alicyclic amines) is 1. The quantitative estimate of drug-likeness (QED) is 0.791. The SMILES string of the molecule is CCO[C@@H]1C[C@H](O)C12CCN(C(=O)[C@H]1CSCN1)CC2. The first-order chi connectivity index (χ1) is 9.67. The van der Waals surface area contributed by atoms with Crippen molar-refractivity contribution < 1.29 is 14.6 Å².